The van der Waals surface area contributed by atoms with Gasteiger partial charge in [-0.05, 0) is 41.3 Å². The zero-order chi connectivity index (χ0) is 22.0. The summed E-state index contributed by atoms with van der Waals surface area (Å²) in [4.78, 5) is 42.1. The summed E-state index contributed by atoms with van der Waals surface area (Å²) >= 11 is 0. The van der Waals surface area contributed by atoms with E-state index in [1.807, 2.05) is 61.5 Å². The van der Waals surface area contributed by atoms with Crippen molar-refractivity contribution in [3.05, 3.63) is 95.1 Å². The average Bonchev–Trinajstić information content (AvgIpc) is 3.10. The zero-order valence-electron chi connectivity index (χ0n) is 17.5. The highest BCUT2D eigenvalue weighted by molar-refractivity contribution is 6.25. The Hall–Kier alpha value is -3.73. The lowest BCUT2D eigenvalue weighted by atomic mass is 9.48. The molecule has 5 heteroatoms. The predicted octanol–water partition coefficient (Wildman–Crippen LogP) is 3.84. The van der Waals surface area contributed by atoms with E-state index in [-0.39, 0.29) is 17.7 Å². The molecule has 0 aromatic heterocycles. The molecule has 0 spiro atoms. The normalized spacial score (nSPS) is 27.0. The van der Waals surface area contributed by atoms with Gasteiger partial charge in [-0.1, -0.05) is 60.7 Å². The Kier molecular flexibility index (Phi) is 3.94. The number of aldehydes is 1. The van der Waals surface area contributed by atoms with Gasteiger partial charge in [0.1, 0.15) is 12.0 Å². The summed E-state index contributed by atoms with van der Waals surface area (Å²) < 4.78 is 5.73. The second kappa shape index (κ2) is 6.63. The summed E-state index contributed by atoms with van der Waals surface area (Å²) in [5.41, 5.74) is 2.84. The molecule has 2 atom stereocenters. The van der Waals surface area contributed by atoms with Crippen molar-refractivity contribution in [2.45, 2.75) is 18.3 Å². The maximum Gasteiger partial charge on any atom is 0.239 e. The van der Waals surface area contributed by atoms with Crippen molar-refractivity contribution < 1.29 is 19.1 Å². The van der Waals surface area contributed by atoms with Gasteiger partial charge in [-0.25, -0.2) is 4.90 Å². The molecule has 0 radical (unpaired) electrons. The number of para-hydroxylation sites is 2. The number of carbonyl (C=O) groups is 3. The monoisotopic (exact) mass is 423 g/mol. The molecule has 4 aliphatic rings. The number of hydrogen-bond donors (Lipinski definition) is 0. The highest BCUT2D eigenvalue weighted by Gasteiger charge is 2.68. The molecule has 0 saturated carbocycles. The Morgan fingerprint density at radius 3 is 2.09 bits per heavy atom. The van der Waals surface area contributed by atoms with Crippen molar-refractivity contribution in [1.29, 1.82) is 0 Å². The van der Waals surface area contributed by atoms with E-state index in [2.05, 4.69) is 0 Å². The number of imide groups is 1. The summed E-state index contributed by atoms with van der Waals surface area (Å²) in [6.45, 7) is 2.27. The molecule has 1 heterocycles. The first-order chi connectivity index (χ1) is 15.6. The molecule has 2 amide bonds. The fourth-order valence-corrected chi connectivity index (χ4v) is 6.19. The molecular weight excluding hydrogens is 402 g/mol. The standard InChI is InChI=1S/C27H21NO4/c1-2-32-21-14-8-7-13-20(21)28-25(30)23-22-16-9-3-5-11-18(16)27(15-29,24(23)26(28)31)19-12-6-4-10-17(19)22/h3-15,22-24H,2H2,1H3. The molecule has 158 valence electrons. The van der Waals surface area contributed by atoms with Crippen LogP contribution in [0.1, 0.15) is 35.1 Å². The van der Waals surface area contributed by atoms with E-state index >= 15 is 0 Å². The molecular formula is C27H21NO4. The van der Waals surface area contributed by atoms with Gasteiger partial charge < -0.3 is 9.53 Å². The van der Waals surface area contributed by atoms with E-state index in [1.54, 1.807) is 18.2 Å². The van der Waals surface area contributed by atoms with Gasteiger partial charge in [0.05, 0.1) is 29.5 Å². The van der Waals surface area contributed by atoms with Crippen LogP contribution in [-0.4, -0.2) is 24.7 Å². The van der Waals surface area contributed by atoms with E-state index in [0.29, 0.717) is 18.0 Å². The molecule has 2 unspecified atom stereocenters. The quantitative estimate of drug-likeness (QED) is 0.473. The Balaban J connectivity index is 1.62. The lowest BCUT2D eigenvalue weighted by Gasteiger charge is -2.51. The van der Waals surface area contributed by atoms with Crippen molar-refractivity contribution in [1.82, 2.24) is 0 Å². The molecule has 32 heavy (non-hydrogen) atoms. The predicted molar refractivity (Wildman–Crippen MR) is 119 cm³/mol. The van der Waals surface area contributed by atoms with Crippen LogP contribution in [0.25, 0.3) is 0 Å². The summed E-state index contributed by atoms with van der Waals surface area (Å²) in [5.74, 6) is -1.81. The molecule has 1 fully saturated rings. The average molecular weight is 423 g/mol. The van der Waals surface area contributed by atoms with E-state index in [1.165, 1.54) is 4.90 Å². The molecule has 2 bridgehead atoms. The van der Waals surface area contributed by atoms with E-state index in [9.17, 15) is 14.4 Å². The highest BCUT2D eigenvalue weighted by Crippen LogP contribution is 2.63. The van der Waals surface area contributed by atoms with Gasteiger partial charge in [0, 0.05) is 5.92 Å². The third-order valence-electron chi connectivity index (χ3n) is 7.28. The van der Waals surface area contributed by atoms with Crippen molar-refractivity contribution in [2.24, 2.45) is 11.8 Å². The van der Waals surface area contributed by atoms with Crippen molar-refractivity contribution in [3.8, 4) is 5.75 Å². The second-order valence-electron chi connectivity index (χ2n) is 8.56. The fourth-order valence-electron chi connectivity index (χ4n) is 6.19. The van der Waals surface area contributed by atoms with Crippen molar-refractivity contribution in [3.63, 3.8) is 0 Å². The van der Waals surface area contributed by atoms with Gasteiger partial charge in [0.2, 0.25) is 11.8 Å². The van der Waals surface area contributed by atoms with E-state index in [0.717, 1.165) is 28.5 Å². The fraction of sp³-hybridized carbons (Fsp3) is 0.222. The van der Waals surface area contributed by atoms with Crippen molar-refractivity contribution in [2.75, 3.05) is 11.5 Å². The van der Waals surface area contributed by atoms with Crippen LogP contribution in [0.15, 0.2) is 72.8 Å². The topological polar surface area (TPSA) is 63.7 Å². The van der Waals surface area contributed by atoms with Crippen LogP contribution in [0.5, 0.6) is 5.75 Å². The molecule has 3 aliphatic carbocycles. The summed E-state index contributed by atoms with van der Waals surface area (Å²) in [6.07, 6.45) is 0.890. The molecule has 5 nitrogen and oxygen atoms in total. The Bertz CT molecular complexity index is 1250. The van der Waals surface area contributed by atoms with Crippen LogP contribution < -0.4 is 9.64 Å². The van der Waals surface area contributed by atoms with Gasteiger partial charge in [0.15, 0.2) is 0 Å². The Morgan fingerprint density at radius 1 is 0.875 bits per heavy atom. The molecule has 7 rings (SSSR count). The van der Waals surface area contributed by atoms with Crippen LogP contribution in [0.3, 0.4) is 0 Å². The molecule has 3 aromatic rings. The second-order valence-corrected chi connectivity index (χ2v) is 8.56. The highest BCUT2D eigenvalue weighted by atomic mass is 16.5. The molecule has 1 aliphatic heterocycles. The summed E-state index contributed by atoms with van der Waals surface area (Å²) in [6, 6.07) is 22.6. The van der Waals surface area contributed by atoms with Gasteiger partial charge in [-0.2, -0.15) is 0 Å². The maximum atomic E-state index is 14.0. The van der Waals surface area contributed by atoms with Gasteiger partial charge in [0.25, 0.3) is 0 Å². The lowest BCUT2D eigenvalue weighted by molar-refractivity contribution is -0.128. The minimum Gasteiger partial charge on any atom is -0.492 e. The van der Waals surface area contributed by atoms with Gasteiger partial charge >= 0.3 is 0 Å². The zero-order valence-corrected chi connectivity index (χ0v) is 17.5. The lowest BCUT2D eigenvalue weighted by Crippen LogP contribution is -2.54. The number of benzene rings is 3. The Labute approximate surface area is 185 Å². The minimum absolute atomic E-state index is 0.269. The van der Waals surface area contributed by atoms with Crippen LogP contribution in [0.2, 0.25) is 0 Å². The number of hydrogen-bond acceptors (Lipinski definition) is 4. The van der Waals surface area contributed by atoms with Crippen LogP contribution in [-0.2, 0) is 19.8 Å². The number of carbonyl (C=O) groups excluding carboxylic acids is 3. The van der Waals surface area contributed by atoms with E-state index in [4.69, 9.17) is 4.74 Å². The Morgan fingerprint density at radius 2 is 1.47 bits per heavy atom. The molecule has 1 saturated heterocycles. The molecule has 3 aromatic carbocycles. The third kappa shape index (κ3) is 2.11. The number of rotatable bonds is 4. The third-order valence-corrected chi connectivity index (χ3v) is 7.28. The number of nitrogens with zero attached hydrogens (tertiary/aromatic N) is 1. The largest absolute Gasteiger partial charge is 0.492 e. The SMILES string of the molecule is CCOc1ccccc1N1C(=O)C2C3c4ccccc4C(C=O)(c4ccccc43)C2C1=O. The minimum atomic E-state index is -1.19. The van der Waals surface area contributed by atoms with E-state index < -0.39 is 17.3 Å². The molecule has 0 N–H and O–H groups in total. The first-order valence-corrected chi connectivity index (χ1v) is 10.9. The summed E-state index contributed by atoms with van der Waals surface area (Å²) in [5, 5.41) is 0. The van der Waals surface area contributed by atoms with Crippen molar-refractivity contribution >= 4 is 23.8 Å². The van der Waals surface area contributed by atoms with Gasteiger partial charge in [-0.15, -0.1) is 0 Å². The van der Waals surface area contributed by atoms with Crippen LogP contribution >= 0.6 is 0 Å². The first-order valence-electron chi connectivity index (χ1n) is 10.9. The smallest absolute Gasteiger partial charge is 0.239 e. The van der Waals surface area contributed by atoms with Crippen LogP contribution in [0, 0.1) is 11.8 Å². The number of amides is 2. The first kappa shape index (κ1) is 19.0. The maximum absolute atomic E-state index is 14.0. The van der Waals surface area contributed by atoms with Gasteiger partial charge in [-0.3, -0.25) is 9.59 Å². The van der Waals surface area contributed by atoms with Crippen LogP contribution in [0.4, 0.5) is 5.69 Å². The summed E-state index contributed by atoms with van der Waals surface area (Å²) in [7, 11) is 0. The number of anilines is 1. The number of ether oxygens (including phenoxy) is 1.